The lowest BCUT2D eigenvalue weighted by atomic mass is 10.2. The number of aromatic hydroxyl groups is 1. The first-order valence-corrected chi connectivity index (χ1v) is 5.21. The lowest BCUT2D eigenvalue weighted by Crippen LogP contribution is -2.29. The van der Waals surface area contributed by atoms with E-state index in [9.17, 15) is 9.59 Å². The highest BCUT2D eigenvalue weighted by Crippen LogP contribution is 2.10. The first-order chi connectivity index (χ1) is 8.06. The van der Waals surface area contributed by atoms with Crippen molar-refractivity contribution < 1.29 is 5.11 Å². The monoisotopic (exact) mass is 252 g/mol. The van der Waals surface area contributed by atoms with Crippen molar-refractivity contribution in [2.45, 2.75) is 6.54 Å². The first kappa shape index (κ1) is 11.5. The maximum atomic E-state index is 11.5. The summed E-state index contributed by atoms with van der Waals surface area (Å²) in [5, 5.41) is 9.08. The summed E-state index contributed by atoms with van der Waals surface area (Å²) in [5.41, 5.74) is -0.306. The van der Waals surface area contributed by atoms with Crippen LogP contribution in [0.3, 0.4) is 0 Å². The van der Waals surface area contributed by atoms with Gasteiger partial charge in [0.1, 0.15) is 10.8 Å². The topological polar surface area (TPSA) is 75.1 Å². The van der Waals surface area contributed by atoms with Crippen LogP contribution in [-0.2, 0) is 6.54 Å². The molecule has 1 aromatic carbocycles. The fourth-order valence-corrected chi connectivity index (χ4v) is 1.56. The Balaban J connectivity index is 2.36. The molecule has 5 nitrogen and oxygen atoms in total. The Hall–Kier alpha value is -2.01. The normalized spacial score (nSPS) is 10.4. The maximum Gasteiger partial charge on any atom is 0.328 e. The molecule has 0 fully saturated rings. The number of H-pyrrole nitrogens is 1. The quantitative estimate of drug-likeness (QED) is 0.835. The summed E-state index contributed by atoms with van der Waals surface area (Å²) in [6, 6.07) is 6.41. The molecule has 0 aliphatic heterocycles. The fourth-order valence-electron chi connectivity index (χ4n) is 1.40. The van der Waals surface area contributed by atoms with Gasteiger partial charge in [0, 0.05) is 6.20 Å². The SMILES string of the molecule is O=c1[nH]c(=O)n(Cc2ccc(O)cc2)cc1Cl. The average Bonchev–Trinajstić information content (AvgIpc) is 2.29. The van der Waals surface area contributed by atoms with Crippen LogP contribution in [0.1, 0.15) is 5.56 Å². The molecule has 0 saturated heterocycles. The highest BCUT2D eigenvalue weighted by molar-refractivity contribution is 6.30. The van der Waals surface area contributed by atoms with E-state index in [1.165, 1.54) is 22.9 Å². The summed E-state index contributed by atoms with van der Waals surface area (Å²) in [6.07, 6.45) is 1.29. The predicted octanol–water partition coefficient (Wildman–Crippen LogP) is 0.944. The molecule has 88 valence electrons. The van der Waals surface area contributed by atoms with Gasteiger partial charge < -0.3 is 5.11 Å². The molecule has 0 aliphatic carbocycles. The highest BCUT2D eigenvalue weighted by Gasteiger charge is 2.03. The van der Waals surface area contributed by atoms with E-state index in [0.29, 0.717) is 0 Å². The van der Waals surface area contributed by atoms with E-state index < -0.39 is 11.2 Å². The number of hydrogen-bond donors (Lipinski definition) is 2. The Morgan fingerprint density at radius 2 is 1.88 bits per heavy atom. The molecular formula is C11H9ClN2O3. The summed E-state index contributed by atoms with van der Waals surface area (Å²) in [7, 11) is 0. The zero-order valence-corrected chi connectivity index (χ0v) is 9.44. The zero-order valence-electron chi connectivity index (χ0n) is 8.68. The largest absolute Gasteiger partial charge is 0.508 e. The summed E-state index contributed by atoms with van der Waals surface area (Å²) in [6.45, 7) is 0.273. The number of hydrogen-bond acceptors (Lipinski definition) is 3. The third-order valence-corrected chi connectivity index (χ3v) is 2.53. The van der Waals surface area contributed by atoms with Crippen molar-refractivity contribution in [3.63, 3.8) is 0 Å². The van der Waals surface area contributed by atoms with Gasteiger partial charge in [-0.3, -0.25) is 14.3 Å². The van der Waals surface area contributed by atoms with Gasteiger partial charge in [-0.15, -0.1) is 0 Å². The van der Waals surface area contributed by atoms with Gasteiger partial charge in [0.25, 0.3) is 5.56 Å². The molecule has 0 atom stereocenters. The van der Waals surface area contributed by atoms with E-state index in [1.807, 2.05) is 0 Å². The number of aromatic amines is 1. The second-order valence-corrected chi connectivity index (χ2v) is 3.94. The van der Waals surface area contributed by atoms with Crippen molar-refractivity contribution in [2.75, 3.05) is 0 Å². The minimum atomic E-state index is -0.598. The van der Waals surface area contributed by atoms with E-state index >= 15 is 0 Å². The van der Waals surface area contributed by atoms with Gasteiger partial charge in [0.15, 0.2) is 0 Å². The van der Waals surface area contributed by atoms with Crippen LogP contribution < -0.4 is 11.2 Å². The van der Waals surface area contributed by atoms with Crippen molar-refractivity contribution in [3.05, 3.63) is 61.9 Å². The Morgan fingerprint density at radius 3 is 2.53 bits per heavy atom. The third-order valence-electron chi connectivity index (χ3n) is 2.26. The molecule has 1 aromatic heterocycles. The van der Waals surface area contributed by atoms with Crippen molar-refractivity contribution in [3.8, 4) is 5.75 Å². The molecule has 0 unspecified atom stereocenters. The number of nitrogens with zero attached hydrogens (tertiary/aromatic N) is 1. The van der Waals surface area contributed by atoms with Crippen molar-refractivity contribution in [1.29, 1.82) is 0 Å². The standard InChI is InChI=1S/C11H9ClN2O3/c12-9-6-14(11(17)13-10(9)16)5-7-1-3-8(15)4-2-7/h1-4,6,15H,5H2,(H,13,16,17). The second kappa shape index (κ2) is 4.47. The Morgan fingerprint density at radius 1 is 1.24 bits per heavy atom. The number of aromatic nitrogens is 2. The first-order valence-electron chi connectivity index (χ1n) is 4.83. The number of benzene rings is 1. The molecule has 0 bridgehead atoms. The van der Waals surface area contributed by atoms with Crippen LogP contribution in [0, 0.1) is 0 Å². The van der Waals surface area contributed by atoms with Crippen molar-refractivity contribution >= 4 is 11.6 Å². The summed E-state index contributed by atoms with van der Waals surface area (Å²) in [5.74, 6) is 0.153. The molecule has 0 aliphatic rings. The molecule has 6 heteroatoms. The van der Waals surface area contributed by atoms with Crippen LogP contribution in [0.4, 0.5) is 0 Å². The lowest BCUT2D eigenvalue weighted by molar-refractivity contribution is 0.475. The third kappa shape index (κ3) is 2.57. The Labute approximate surface area is 101 Å². The fraction of sp³-hybridized carbons (Fsp3) is 0.0909. The molecular weight excluding hydrogens is 244 g/mol. The van der Waals surface area contributed by atoms with Crippen LogP contribution in [0.25, 0.3) is 0 Å². The van der Waals surface area contributed by atoms with E-state index in [2.05, 4.69) is 4.98 Å². The van der Waals surface area contributed by atoms with E-state index in [-0.39, 0.29) is 17.3 Å². The van der Waals surface area contributed by atoms with Gasteiger partial charge >= 0.3 is 5.69 Å². The molecule has 17 heavy (non-hydrogen) atoms. The van der Waals surface area contributed by atoms with Crippen LogP contribution in [0.15, 0.2) is 40.1 Å². The summed E-state index contributed by atoms with van der Waals surface area (Å²) < 4.78 is 1.29. The van der Waals surface area contributed by atoms with Gasteiger partial charge in [0.2, 0.25) is 0 Å². The van der Waals surface area contributed by atoms with Crippen LogP contribution in [0.5, 0.6) is 5.75 Å². The highest BCUT2D eigenvalue weighted by atomic mass is 35.5. The van der Waals surface area contributed by atoms with Crippen LogP contribution in [-0.4, -0.2) is 14.7 Å². The minimum Gasteiger partial charge on any atom is -0.508 e. The molecule has 2 N–H and O–H groups in total. The number of rotatable bonds is 2. The molecule has 0 spiro atoms. The number of phenolic OH excluding ortho intramolecular Hbond substituents is 1. The Bertz CT molecular complexity index is 643. The summed E-state index contributed by atoms with van der Waals surface area (Å²) >= 11 is 5.63. The van der Waals surface area contributed by atoms with Gasteiger partial charge in [-0.2, -0.15) is 0 Å². The number of phenols is 1. The van der Waals surface area contributed by atoms with E-state index in [1.54, 1.807) is 12.1 Å². The smallest absolute Gasteiger partial charge is 0.328 e. The lowest BCUT2D eigenvalue weighted by Gasteiger charge is -2.05. The molecule has 2 aromatic rings. The van der Waals surface area contributed by atoms with Crippen LogP contribution in [0.2, 0.25) is 5.02 Å². The summed E-state index contributed by atoms with van der Waals surface area (Å²) in [4.78, 5) is 24.6. The molecule has 0 saturated carbocycles. The Kier molecular flexibility index (Phi) is 3.01. The van der Waals surface area contributed by atoms with Crippen LogP contribution >= 0.6 is 11.6 Å². The van der Waals surface area contributed by atoms with Crippen molar-refractivity contribution in [1.82, 2.24) is 9.55 Å². The molecule has 1 heterocycles. The van der Waals surface area contributed by atoms with Gasteiger partial charge in [-0.1, -0.05) is 23.7 Å². The zero-order chi connectivity index (χ0) is 12.4. The maximum absolute atomic E-state index is 11.5. The second-order valence-electron chi connectivity index (χ2n) is 3.53. The predicted molar refractivity (Wildman–Crippen MR) is 63.5 cm³/mol. The number of nitrogens with one attached hydrogen (secondary N) is 1. The van der Waals surface area contributed by atoms with E-state index in [0.717, 1.165) is 5.56 Å². The molecule has 2 rings (SSSR count). The minimum absolute atomic E-state index is 0.0385. The van der Waals surface area contributed by atoms with Gasteiger partial charge in [-0.05, 0) is 17.7 Å². The average molecular weight is 253 g/mol. The molecule has 0 radical (unpaired) electrons. The van der Waals surface area contributed by atoms with Gasteiger partial charge in [-0.25, -0.2) is 4.79 Å². The molecule has 0 amide bonds. The number of halogens is 1. The van der Waals surface area contributed by atoms with E-state index in [4.69, 9.17) is 16.7 Å². The van der Waals surface area contributed by atoms with Crippen molar-refractivity contribution in [2.24, 2.45) is 0 Å². The van der Waals surface area contributed by atoms with Gasteiger partial charge in [0.05, 0.1) is 6.54 Å².